The first-order valence-corrected chi connectivity index (χ1v) is 16.0. The van der Waals surface area contributed by atoms with Crippen LogP contribution in [0.4, 0.5) is 0 Å². The Morgan fingerprint density at radius 1 is 1.11 bits per heavy atom. The van der Waals surface area contributed by atoms with Gasteiger partial charge in [0.2, 0.25) is 0 Å². The lowest BCUT2D eigenvalue weighted by Crippen LogP contribution is -2.76. The van der Waals surface area contributed by atoms with Gasteiger partial charge in [-0.2, -0.15) is 0 Å². The first-order chi connectivity index (χ1) is 20.8. The molecule has 3 saturated heterocycles. The number of ketones is 1. The molecule has 3 aliphatic heterocycles. The zero-order chi connectivity index (χ0) is 31.9. The zero-order valence-electron chi connectivity index (χ0n) is 26.3. The van der Waals surface area contributed by atoms with Crippen molar-refractivity contribution in [1.29, 1.82) is 0 Å². The van der Waals surface area contributed by atoms with E-state index >= 15 is 0 Å². The van der Waals surface area contributed by atoms with Crippen LogP contribution >= 0.6 is 0 Å². The molecule has 3 bridgehead atoms. The summed E-state index contributed by atoms with van der Waals surface area (Å²) in [5, 5.41) is 34.5. The van der Waals surface area contributed by atoms with Crippen LogP contribution in [0, 0.1) is 17.8 Å². The topological polar surface area (TPSA) is 144 Å². The number of hydrogen-bond donors (Lipinski definition) is 3. The molecular formula is C34H46O10. The number of rotatable bonds is 11. The first-order valence-electron chi connectivity index (χ1n) is 16.0. The number of ether oxygens (including phenoxy) is 5. The molecule has 3 aliphatic carbocycles. The van der Waals surface area contributed by atoms with Gasteiger partial charge in [0.05, 0.1) is 12.2 Å². The predicted molar refractivity (Wildman–Crippen MR) is 158 cm³/mol. The van der Waals surface area contributed by atoms with Gasteiger partial charge in [-0.3, -0.25) is 9.59 Å². The van der Waals surface area contributed by atoms with Gasteiger partial charge in [-0.05, 0) is 37.8 Å². The minimum Gasteiger partial charge on any atom is -0.459 e. The van der Waals surface area contributed by atoms with Gasteiger partial charge in [0.15, 0.2) is 17.0 Å². The number of fused-ring (bicyclic) bond motifs is 3. The molecule has 0 aromatic carbocycles. The van der Waals surface area contributed by atoms with E-state index in [4.69, 9.17) is 23.7 Å². The van der Waals surface area contributed by atoms with Crippen molar-refractivity contribution in [2.45, 2.75) is 126 Å². The number of esters is 1. The molecule has 12 atom stereocenters. The maximum Gasteiger partial charge on any atom is 0.307 e. The second-order valence-corrected chi connectivity index (χ2v) is 13.6. The lowest BCUT2D eigenvalue weighted by molar-refractivity contribution is -0.407. The number of unbranched alkanes of at least 4 members (excludes halogenated alkanes) is 5. The Balaban J connectivity index is 1.47. The first kappa shape index (κ1) is 31.8. The molecule has 0 aromatic heterocycles. The third-order valence-electron chi connectivity index (χ3n) is 11.1. The van der Waals surface area contributed by atoms with E-state index in [0.717, 1.165) is 12.8 Å². The van der Waals surface area contributed by atoms with E-state index in [1.807, 2.05) is 13.0 Å². The number of aliphatic hydroxyl groups excluding tert-OH is 2. The third-order valence-corrected chi connectivity index (χ3v) is 11.1. The Labute approximate surface area is 258 Å². The molecule has 6 aliphatic rings. The smallest absolute Gasteiger partial charge is 0.307 e. The summed E-state index contributed by atoms with van der Waals surface area (Å²) in [7, 11) is 0. The van der Waals surface area contributed by atoms with Crippen molar-refractivity contribution in [3.63, 3.8) is 0 Å². The van der Waals surface area contributed by atoms with Gasteiger partial charge >= 0.3 is 11.9 Å². The number of Topliss-reactive ketones (excluding diaryl/α,β-unsaturated/α-hetero) is 1. The van der Waals surface area contributed by atoms with E-state index in [2.05, 4.69) is 19.6 Å². The molecule has 242 valence electrons. The molecule has 3 N–H and O–H groups in total. The van der Waals surface area contributed by atoms with Gasteiger partial charge in [-0.15, -0.1) is 0 Å². The average molecular weight is 615 g/mol. The fourth-order valence-corrected chi connectivity index (χ4v) is 9.02. The Kier molecular flexibility index (Phi) is 7.72. The maximum absolute atomic E-state index is 13.7. The van der Waals surface area contributed by atoms with Crippen molar-refractivity contribution in [2.75, 3.05) is 6.61 Å². The summed E-state index contributed by atoms with van der Waals surface area (Å²) in [6, 6.07) is 0. The minimum absolute atomic E-state index is 0.250. The van der Waals surface area contributed by atoms with E-state index in [0.29, 0.717) is 5.57 Å². The van der Waals surface area contributed by atoms with Crippen molar-refractivity contribution < 1.29 is 48.6 Å². The van der Waals surface area contributed by atoms with Crippen LogP contribution in [0.5, 0.6) is 0 Å². The van der Waals surface area contributed by atoms with E-state index in [1.54, 1.807) is 32.1 Å². The van der Waals surface area contributed by atoms with Gasteiger partial charge < -0.3 is 39.0 Å². The Morgan fingerprint density at radius 3 is 2.50 bits per heavy atom. The number of epoxide rings is 1. The number of carbonyl (C=O) groups is 2. The van der Waals surface area contributed by atoms with Crippen LogP contribution < -0.4 is 0 Å². The lowest BCUT2D eigenvalue weighted by atomic mass is 9.53. The van der Waals surface area contributed by atoms with Crippen molar-refractivity contribution >= 4 is 11.8 Å². The normalized spacial score (nSPS) is 48.2. The molecule has 0 aromatic rings. The Bertz CT molecular complexity index is 1320. The molecular weight excluding hydrogens is 568 g/mol. The van der Waals surface area contributed by atoms with Crippen LogP contribution in [0.2, 0.25) is 0 Å². The van der Waals surface area contributed by atoms with Crippen LogP contribution in [0.1, 0.15) is 73.1 Å². The van der Waals surface area contributed by atoms with Crippen molar-refractivity contribution in [1.82, 2.24) is 0 Å². The Morgan fingerprint density at radius 2 is 1.84 bits per heavy atom. The van der Waals surface area contributed by atoms with E-state index in [9.17, 15) is 24.9 Å². The highest BCUT2D eigenvalue weighted by atomic mass is 16.9. The van der Waals surface area contributed by atoms with Gasteiger partial charge in [-0.1, -0.05) is 70.4 Å². The van der Waals surface area contributed by atoms with Gasteiger partial charge in [-0.25, -0.2) is 0 Å². The lowest BCUT2D eigenvalue weighted by Gasteiger charge is -2.61. The van der Waals surface area contributed by atoms with E-state index in [-0.39, 0.29) is 5.57 Å². The fourth-order valence-electron chi connectivity index (χ4n) is 9.02. The summed E-state index contributed by atoms with van der Waals surface area (Å²) < 4.78 is 32.5. The number of aliphatic hydroxyl groups is 3. The quantitative estimate of drug-likeness (QED) is 0.104. The second-order valence-electron chi connectivity index (χ2n) is 13.6. The summed E-state index contributed by atoms with van der Waals surface area (Å²) in [5.41, 5.74) is -6.12. The SMILES string of the molecule is C=C(C)[C@@]12O[C@@]3(/C=C/C=C/CCCCCCC)O[C@@H]1[C@@H]1[C@@H]4O[C@]4(CO)[C@@H](O)[C@]4(O)C(=O)C(C)=C[C@H]4[C@@]1(O3)[C@H](C)[C@H]2OC(C)=O. The molecule has 10 nitrogen and oxygen atoms in total. The summed E-state index contributed by atoms with van der Waals surface area (Å²) >= 11 is 0. The van der Waals surface area contributed by atoms with Crippen LogP contribution in [0.3, 0.4) is 0 Å². The highest BCUT2D eigenvalue weighted by Gasteiger charge is 2.90. The molecule has 10 heteroatoms. The molecule has 0 radical (unpaired) electrons. The van der Waals surface area contributed by atoms with Crippen LogP contribution in [0.25, 0.3) is 0 Å². The highest BCUT2D eigenvalue weighted by molar-refractivity contribution is 6.05. The van der Waals surface area contributed by atoms with Crippen LogP contribution in [-0.2, 0) is 33.3 Å². The van der Waals surface area contributed by atoms with Crippen molar-refractivity contribution in [3.8, 4) is 0 Å². The third kappa shape index (κ3) is 3.98. The molecule has 5 fully saturated rings. The summed E-state index contributed by atoms with van der Waals surface area (Å²) in [6.45, 7) is 12.3. The number of carbonyl (C=O) groups excluding carboxylic acids is 2. The minimum atomic E-state index is -2.38. The average Bonchev–Trinajstić information content (AvgIpc) is 3.60. The molecule has 44 heavy (non-hydrogen) atoms. The standard InChI is InChI=1S/C34H46O10/c1-7-8-9-10-11-12-13-14-15-16-31-42-28-24-27-30(18-35,41-27)29(38)32(39)23(17-20(4)25(32)37)34(24,44-31)21(5)26(40-22(6)36)33(28,43-31)19(2)3/h13-17,21,23-24,26-29,35,38-39H,2,7-12,18H2,1,3-6H3/b14-13+,16-15+/t21-,23-,24+,26-,27+,28-,29-,30+,31-,32-,33+,34+/m1/s1. The largest absolute Gasteiger partial charge is 0.459 e. The number of hydrogen-bond acceptors (Lipinski definition) is 10. The number of allylic oxidation sites excluding steroid dienone is 3. The molecule has 0 amide bonds. The van der Waals surface area contributed by atoms with Gasteiger partial charge in [0.1, 0.15) is 30.0 Å². The van der Waals surface area contributed by atoms with E-state index < -0.39 is 88.9 Å². The van der Waals surface area contributed by atoms with Crippen molar-refractivity contribution in [3.05, 3.63) is 48.1 Å². The summed E-state index contributed by atoms with van der Waals surface area (Å²) in [4.78, 5) is 26.3. The van der Waals surface area contributed by atoms with Crippen molar-refractivity contribution in [2.24, 2.45) is 17.8 Å². The molecule has 6 rings (SSSR count). The van der Waals surface area contributed by atoms with E-state index in [1.165, 1.54) is 32.6 Å². The monoisotopic (exact) mass is 614 g/mol. The van der Waals surface area contributed by atoms with Gasteiger partial charge in [0.25, 0.3) is 0 Å². The van der Waals surface area contributed by atoms with Crippen LogP contribution in [-0.4, -0.2) is 86.5 Å². The Hall–Kier alpha value is -2.18. The molecule has 3 heterocycles. The molecule has 2 saturated carbocycles. The predicted octanol–water partition coefficient (Wildman–Crippen LogP) is 3.19. The summed E-state index contributed by atoms with van der Waals surface area (Å²) in [5.74, 6) is -5.58. The zero-order valence-corrected chi connectivity index (χ0v) is 26.3. The fraction of sp³-hybridized carbons (Fsp3) is 0.706. The maximum atomic E-state index is 13.7. The van der Waals surface area contributed by atoms with Gasteiger partial charge in [0, 0.05) is 30.8 Å². The van der Waals surface area contributed by atoms with Crippen LogP contribution in [0.15, 0.2) is 48.1 Å². The molecule has 0 spiro atoms. The highest BCUT2D eigenvalue weighted by Crippen LogP contribution is 2.73. The summed E-state index contributed by atoms with van der Waals surface area (Å²) in [6.07, 6.45) is 11.4. The second kappa shape index (κ2) is 10.7. The molecule has 0 unspecified atom stereocenters.